The van der Waals surface area contributed by atoms with Crippen LogP contribution in [0.5, 0.6) is 0 Å². The van der Waals surface area contributed by atoms with Gasteiger partial charge in [0.2, 0.25) is 0 Å². The predicted octanol–water partition coefficient (Wildman–Crippen LogP) is 0.237. The fourth-order valence-electron chi connectivity index (χ4n) is 2.02. The molecule has 2 atom stereocenters. The van der Waals surface area contributed by atoms with Crippen molar-refractivity contribution >= 4 is 18.1 Å². The van der Waals surface area contributed by atoms with E-state index in [1.165, 1.54) is 7.11 Å². The standard InChI is InChI=1S/C12H21N3O5/c1-3-8(10(16)17)6-13-11(18)15-5-4-9(7-15)14-12(19)20-2/h8-9H,3-7H2,1-2H3,(H,13,18)(H,14,19)(H,16,17). The van der Waals surface area contributed by atoms with E-state index in [0.29, 0.717) is 25.9 Å². The number of amides is 3. The summed E-state index contributed by atoms with van der Waals surface area (Å²) < 4.78 is 4.49. The quantitative estimate of drug-likeness (QED) is 0.671. The fourth-order valence-corrected chi connectivity index (χ4v) is 2.02. The molecule has 0 aromatic carbocycles. The molecular formula is C12H21N3O5. The first-order chi connectivity index (χ1) is 9.47. The first-order valence-corrected chi connectivity index (χ1v) is 6.58. The van der Waals surface area contributed by atoms with E-state index in [2.05, 4.69) is 15.4 Å². The lowest BCUT2D eigenvalue weighted by atomic mass is 10.1. The van der Waals surface area contributed by atoms with Crippen LogP contribution in [0, 0.1) is 5.92 Å². The zero-order valence-corrected chi connectivity index (χ0v) is 11.7. The van der Waals surface area contributed by atoms with E-state index in [1.807, 2.05) is 0 Å². The number of carboxylic acid groups (broad SMARTS) is 1. The van der Waals surface area contributed by atoms with Crippen molar-refractivity contribution in [2.75, 3.05) is 26.7 Å². The Morgan fingerprint density at radius 3 is 2.70 bits per heavy atom. The summed E-state index contributed by atoms with van der Waals surface area (Å²) in [6, 6.07) is -0.437. The molecule has 1 rings (SSSR count). The van der Waals surface area contributed by atoms with E-state index in [4.69, 9.17) is 5.11 Å². The number of carboxylic acids is 1. The van der Waals surface area contributed by atoms with Gasteiger partial charge in [0.25, 0.3) is 0 Å². The van der Waals surface area contributed by atoms with Gasteiger partial charge in [-0.3, -0.25) is 4.79 Å². The smallest absolute Gasteiger partial charge is 0.407 e. The number of likely N-dealkylation sites (tertiary alicyclic amines) is 1. The van der Waals surface area contributed by atoms with Gasteiger partial charge < -0.3 is 25.4 Å². The highest BCUT2D eigenvalue weighted by Crippen LogP contribution is 2.10. The van der Waals surface area contributed by atoms with Crippen LogP contribution < -0.4 is 10.6 Å². The number of ether oxygens (including phenoxy) is 1. The molecule has 8 nitrogen and oxygen atoms in total. The Balaban J connectivity index is 2.35. The average molecular weight is 287 g/mol. The second-order valence-corrected chi connectivity index (χ2v) is 4.70. The SMILES string of the molecule is CCC(CNC(=O)N1CCC(NC(=O)OC)C1)C(=O)O. The van der Waals surface area contributed by atoms with Gasteiger partial charge in [0.15, 0.2) is 0 Å². The highest BCUT2D eigenvalue weighted by Gasteiger charge is 2.28. The maximum Gasteiger partial charge on any atom is 0.407 e. The minimum absolute atomic E-state index is 0.107. The molecule has 8 heteroatoms. The summed E-state index contributed by atoms with van der Waals surface area (Å²) in [5.41, 5.74) is 0. The van der Waals surface area contributed by atoms with Crippen molar-refractivity contribution < 1.29 is 24.2 Å². The number of aliphatic carboxylic acids is 1. The van der Waals surface area contributed by atoms with E-state index in [-0.39, 0.29) is 18.6 Å². The lowest BCUT2D eigenvalue weighted by molar-refractivity contribution is -0.141. The third-order valence-corrected chi connectivity index (χ3v) is 3.32. The van der Waals surface area contributed by atoms with Gasteiger partial charge in [-0.2, -0.15) is 0 Å². The normalized spacial score (nSPS) is 19.3. The minimum atomic E-state index is -0.917. The van der Waals surface area contributed by atoms with Gasteiger partial charge in [0, 0.05) is 19.6 Å². The Labute approximate surface area is 117 Å². The van der Waals surface area contributed by atoms with E-state index in [9.17, 15) is 14.4 Å². The molecule has 0 bridgehead atoms. The van der Waals surface area contributed by atoms with Crippen LogP contribution in [0.25, 0.3) is 0 Å². The van der Waals surface area contributed by atoms with Crippen LogP contribution in [0.3, 0.4) is 0 Å². The Hall–Kier alpha value is -1.99. The third kappa shape index (κ3) is 4.60. The summed E-state index contributed by atoms with van der Waals surface area (Å²) in [5.74, 6) is -1.50. The van der Waals surface area contributed by atoms with E-state index < -0.39 is 18.0 Å². The number of hydrogen-bond donors (Lipinski definition) is 3. The predicted molar refractivity (Wildman–Crippen MR) is 70.3 cm³/mol. The topological polar surface area (TPSA) is 108 Å². The molecule has 0 saturated carbocycles. The van der Waals surface area contributed by atoms with Crippen molar-refractivity contribution in [3.63, 3.8) is 0 Å². The Morgan fingerprint density at radius 2 is 2.15 bits per heavy atom. The average Bonchev–Trinajstić information content (AvgIpc) is 2.87. The molecule has 0 aromatic rings. The highest BCUT2D eigenvalue weighted by atomic mass is 16.5. The second-order valence-electron chi connectivity index (χ2n) is 4.70. The van der Waals surface area contributed by atoms with Gasteiger partial charge in [-0.15, -0.1) is 0 Å². The molecule has 3 amide bonds. The first-order valence-electron chi connectivity index (χ1n) is 6.58. The molecule has 3 N–H and O–H groups in total. The van der Waals surface area contributed by atoms with E-state index in [0.717, 1.165) is 0 Å². The van der Waals surface area contributed by atoms with E-state index >= 15 is 0 Å². The number of alkyl carbamates (subject to hydrolysis) is 1. The monoisotopic (exact) mass is 287 g/mol. The van der Waals surface area contributed by atoms with Gasteiger partial charge in [-0.1, -0.05) is 6.92 Å². The van der Waals surface area contributed by atoms with Crippen LogP contribution in [0.2, 0.25) is 0 Å². The van der Waals surface area contributed by atoms with Crippen molar-refractivity contribution in [3.05, 3.63) is 0 Å². The maximum atomic E-state index is 11.9. The number of nitrogens with one attached hydrogen (secondary N) is 2. The molecule has 20 heavy (non-hydrogen) atoms. The number of carbonyl (C=O) groups excluding carboxylic acids is 2. The number of nitrogens with zero attached hydrogens (tertiary/aromatic N) is 1. The third-order valence-electron chi connectivity index (χ3n) is 3.32. The van der Waals surface area contributed by atoms with Crippen molar-refractivity contribution in [3.8, 4) is 0 Å². The van der Waals surface area contributed by atoms with Gasteiger partial charge in [-0.25, -0.2) is 9.59 Å². The molecule has 0 aromatic heterocycles. The van der Waals surface area contributed by atoms with Crippen molar-refractivity contribution in [2.45, 2.75) is 25.8 Å². The number of urea groups is 1. The fraction of sp³-hybridized carbons (Fsp3) is 0.750. The molecule has 114 valence electrons. The molecular weight excluding hydrogens is 266 g/mol. The van der Waals surface area contributed by atoms with Crippen LogP contribution in [0.4, 0.5) is 9.59 Å². The van der Waals surface area contributed by atoms with Crippen molar-refractivity contribution in [1.29, 1.82) is 0 Å². The summed E-state index contributed by atoms with van der Waals surface area (Å²) in [7, 11) is 1.28. The van der Waals surface area contributed by atoms with Crippen molar-refractivity contribution in [2.24, 2.45) is 5.92 Å². The number of methoxy groups -OCH3 is 1. The molecule has 0 aliphatic carbocycles. The largest absolute Gasteiger partial charge is 0.481 e. The van der Waals surface area contributed by atoms with Gasteiger partial charge in [0.1, 0.15) is 0 Å². The first kappa shape index (κ1) is 16.1. The van der Waals surface area contributed by atoms with Gasteiger partial charge in [-0.05, 0) is 12.8 Å². The molecule has 1 heterocycles. The van der Waals surface area contributed by atoms with Crippen LogP contribution in [0.1, 0.15) is 19.8 Å². The number of carbonyl (C=O) groups is 3. The molecule has 1 aliphatic rings. The van der Waals surface area contributed by atoms with Gasteiger partial charge in [0.05, 0.1) is 19.1 Å². The zero-order chi connectivity index (χ0) is 15.1. The highest BCUT2D eigenvalue weighted by molar-refractivity contribution is 5.76. The second kappa shape index (κ2) is 7.56. The summed E-state index contributed by atoms with van der Waals surface area (Å²) >= 11 is 0. The van der Waals surface area contributed by atoms with Gasteiger partial charge >= 0.3 is 18.1 Å². The Bertz CT molecular complexity index is 374. The summed E-state index contributed by atoms with van der Waals surface area (Å²) in [6.07, 6.45) is 0.593. The van der Waals surface area contributed by atoms with Crippen LogP contribution in [0.15, 0.2) is 0 Å². The zero-order valence-electron chi connectivity index (χ0n) is 11.7. The molecule has 1 aliphatic heterocycles. The summed E-state index contributed by atoms with van der Waals surface area (Å²) in [6.45, 7) is 2.78. The van der Waals surface area contributed by atoms with Crippen molar-refractivity contribution in [1.82, 2.24) is 15.5 Å². The molecule has 0 radical (unpaired) electrons. The summed E-state index contributed by atoms with van der Waals surface area (Å²) in [4.78, 5) is 35.3. The molecule has 1 fully saturated rings. The lowest BCUT2D eigenvalue weighted by Gasteiger charge is -2.19. The maximum absolute atomic E-state index is 11.9. The Kier molecular flexibility index (Phi) is 6.08. The van der Waals surface area contributed by atoms with E-state index in [1.54, 1.807) is 11.8 Å². The number of hydrogen-bond acceptors (Lipinski definition) is 4. The molecule has 0 spiro atoms. The Morgan fingerprint density at radius 1 is 1.45 bits per heavy atom. The van der Waals surface area contributed by atoms with Crippen LogP contribution in [-0.2, 0) is 9.53 Å². The molecule has 1 saturated heterocycles. The minimum Gasteiger partial charge on any atom is -0.481 e. The number of rotatable bonds is 5. The van der Waals surface area contributed by atoms with Crippen LogP contribution in [-0.4, -0.2) is 60.9 Å². The van der Waals surface area contributed by atoms with Crippen LogP contribution >= 0.6 is 0 Å². The molecule has 2 unspecified atom stereocenters. The summed E-state index contributed by atoms with van der Waals surface area (Å²) in [5, 5.41) is 14.1. The lowest BCUT2D eigenvalue weighted by Crippen LogP contribution is -2.44.